The third-order valence-corrected chi connectivity index (χ3v) is 3.66. The molecule has 0 fully saturated rings. The van der Waals surface area contributed by atoms with E-state index in [1.807, 2.05) is 19.1 Å². The summed E-state index contributed by atoms with van der Waals surface area (Å²) < 4.78 is 12.1. The maximum atomic E-state index is 5.77. The van der Waals surface area contributed by atoms with Gasteiger partial charge < -0.3 is 14.8 Å². The first-order valence-electron chi connectivity index (χ1n) is 7.40. The molecule has 0 aliphatic heterocycles. The summed E-state index contributed by atoms with van der Waals surface area (Å²) in [6, 6.07) is 12.4. The van der Waals surface area contributed by atoms with Gasteiger partial charge >= 0.3 is 0 Å². The third kappa shape index (κ3) is 5.65. The Bertz CT molecular complexity index is 559. The second-order valence-electron chi connectivity index (χ2n) is 4.80. The van der Waals surface area contributed by atoms with Crippen molar-refractivity contribution in [2.24, 2.45) is 0 Å². The lowest BCUT2D eigenvalue weighted by atomic mass is 10.1. The van der Waals surface area contributed by atoms with E-state index >= 15 is 0 Å². The lowest BCUT2D eigenvalue weighted by Gasteiger charge is -2.09. The molecule has 0 aliphatic rings. The largest absolute Gasteiger partial charge is 0.492 e. The van der Waals surface area contributed by atoms with Crippen LogP contribution in [0.5, 0.6) is 5.75 Å². The van der Waals surface area contributed by atoms with Crippen LogP contribution in [0.3, 0.4) is 0 Å². The quantitative estimate of drug-likeness (QED) is 0.692. The summed E-state index contributed by atoms with van der Waals surface area (Å²) in [6.45, 7) is 6.13. The molecule has 3 nitrogen and oxygen atoms in total. The molecular weight excluding hydrogens is 330 g/mol. The van der Waals surface area contributed by atoms with Crippen molar-refractivity contribution in [1.29, 1.82) is 0 Å². The molecule has 0 amide bonds. The molecule has 0 saturated carbocycles. The second-order valence-corrected chi connectivity index (χ2v) is 5.72. The van der Waals surface area contributed by atoms with E-state index in [9.17, 15) is 0 Å². The fourth-order valence-electron chi connectivity index (χ4n) is 2.09. The van der Waals surface area contributed by atoms with Crippen LogP contribution >= 0.6 is 15.9 Å². The summed E-state index contributed by atoms with van der Waals surface area (Å²) in [6.07, 6.45) is 1.04. The zero-order valence-corrected chi connectivity index (χ0v) is 14.0. The zero-order valence-electron chi connectivity index (χ0n) is 12.4. The van der Waals surface area contributed by atoms with Gasteiger partial charge in [-0.3, -0.25) is 0 Å². The Morgan fingerprint density at radius 3 is 2.67 bits per heavy atom. The van der Waals surface area contributed by atoms with Crippen molar-refractivity contribution >= 4 is 26.7 Å². The Kier molecular flexibility index (Phi) is 7.00. The average molecular weight is 352 g/mol. The Labute approximate surface area is 134 Å². The van der Waals surface area contributed by atoms with Gasteiger partial charge in [-0.1, -0.05) is 28.1 Å². The monoisotopic (exact) mass is 351 g/mol. The molecule has 2 aromatic carbocycles. The van der Waals surface area contributed by atoms with Crippen molar-refractivity contribution in [3.63, 3.8) is 0 Å². The minimum Gasteiger partial charge on any atom is -0.492 e. The molecule has 2 rings (SSSR count). The fraction of sp³-hybridized carbons (Fsp3) is 0.412. The van der Waals surface area contributed by atoms with Gasteiger partial charge in [0, 0.05) is 24.2 Å². The Hall–Kier alpha value is -1.10. The topological polar surface area (TPSA) is 30.5 Å². The van der Waals surface area contributed by atoms with Gasteiger partial charge in [0.05, 0.1) is 0 Å². The number of rotatable bonds is 9. The highest BCUT2D eigenvalue weighted by Crippen LogP contribution is 2.23. The smallest absolute Gasteiger partial charge is 0.120 e. The molecule has 0 heterocycles. The van der Waals surface area contributed by atoms with Gasteiger partial charge in [0.15, 0.2) is 0 Å². The first kappa shape index (κ1) is 16.3. The molecule has 0 aliphatic carbocycles. The Morgan fingerprint density at radius 1 is 1.00 bits per heavy atom. The third-order valence-electron chi connectivity index (χ3n) is 3.17. The fourth-order valence-corrected chi connectivity index (χ4v) is 2.47. The lowest BCUT2D eigenvalue weighted by molar-refractivity contribution is 0.144. The van der Waals surface area contributed by atoms with Crippen LogP contribution in [0, 0.1) is 0 Å². The highest BCUT2D eigenvalue weighted by atomic mass is 79.9. The van der Waals surface area contributed by atoms with Crippen molar-refractivity contribution in [3.05, 3.63) is 40.9 Å². The van der Waals surface area contributed by atoms with Gasteiger partial charge in [0.2, 0.25) is 0 Å². The van der Waals surface area contributed by atoms with Crippen molar-refractivity contribution in [3.8, 4) is 5.75 Å². The zero-order chi connectivity index (χ0) is 14.9. The van der Waals surface area contributed by atoms with Gasteiger partial charge in [-0.2, -0.15) is 0 Å². The van der Waals surface area contributed by atoms with Gasteiger partial charge in [-0.25, -0.2) is 0 Å². The van der Waals surface area contributed by atoms with Crippen LogP contribution < -0.4 is 10.1 Å². The first-order chi connectivity index (χ1) is 10.3. The van der Waals surface area contributed by atoms with Gasteiger partial charge in [-0.05, 0) is 54.9 Å². The van der Waals surface area contributed by atoms with Crippen LogP contribution in [0.2, 0.25) is 0 Å². The van der Waals surface area contributed by atoms with Crippen LogP contribution in [0.25, 0.3) is 10.8 Å². The lowest BCUT2D eigenvalue weighted by Crippen LogP contribution is -2.23. The van der Waals surface area contributed by atoms with Gasteiger partial charge in [0.25, 0.3) is 0 Å². The molecule has 0 spiro atoms. The summed E-state index contributed by atoms with van der Waals surface area (Å²) in [4.78, 5) is 0. The summed E-state index contributed by atoms with van der Waals surface area (Å²) >= 11 is 3.48. The summed E-state index contributed by atoms with van der Waals surface area (Å²) in [5, 5.41) is 5.76. The number of benzene rings is 2. The number of ether oxygens (including phenoxy) is 2. The van der Waals surface area contributed by atoms with E-state index in [-0.39, 0.29) is 0 Å². The molecule has 0 aromatic heterocycles. The van der Waals surface area contributed by atoms with Crippen LogP contribution in [0.15, 0.2) is 40.9 Å². The number of nitrogens with one attached hydrogen (secondary N) is 1. The molecule has 0 bridgehead atoms. The number of halogens is 1. The number of hydrogen-bond acceptors (Lipinski definition) is 3. The van der Waals surface area contributed by atoms with Crippen LogP contribution in [-0.4, -0.2) is 32.9 Å². The standard InChI is InChI=1S/C17H22BrNO2/c1-2-20-10-3-8-19-9-11-21-17-7-5-14-12-16(18)6-4-15(14)13-17/h4-7,12-13,19H,2-3,8-11H2,1H3. The maximum absolute atomic E-state index is 5.77. The van der Waals surface area contributed by atoms with E-state index in [2.05, 4.69) is 45.5 Å². The van der Waals surface area contributed by atoms with E-state index in [1.165, 1.54) is 10.8 Å². The maximum Gasteiger partial charge on any atom is 0.120 e. The summed E-state index contributed by atoms with van der Waals surface area (Å²) in [5.74, 6) is 0.918. The first-order valence-corrected chi connectivity index (χ1v) is 8.19. The molecule has 0 radical (unpaired) electrons. The van der Waals surface area contributed by atoms with E-state index < -0.39 is 0 Å². The molecule has 2 aromatic rings. The highest BCUT2D eigenvalue weighted by molar-refractivity contribution is 9.10. The Balaban J connectivity index is 1.70. The normalized spacial score (nSPS) is 11.0. The minimum atomic E-state index is 0.677. The molecule has 114 valence electrons. The van der Waals surface area contributed by atoms with Crippen molar-refractivity contribution in [2.75, 3.05) is 32.9 Å². The minimum absolute atomic E-state index is 0.677. The van der Waals surface area contributed by atoms with Gasteiger partial charge in [0.1, 0.15) is 12.4 Å². The van der Waals surface area contributed by atoms with Crippen molar-refractivity contribution in [1.82, 2.24) is 5.32 Å². The molecule has 21 heavy (non-hydrogen) atoms. The molecule has 4 heteroatoms. The average Bonchev–Trinajstić information content (AvgIpc) is 2.50. The second kappa shape index (κ2) is 9.03. The van der Waals surface area contributed by atoms with E-state index in [1.54, 1.807) is 0 Å². The van der Waals surface area contributed by atoms with Gasteiger partial charge in [-0.15, -0.1) is 0 Å². The molecule has 0 atom stereocenters. The Morgan fingerprint density at radius 2 is 1.81 bits per heavy atom. The predicted octanol–water partition coefficient (Wildman–Crippen LogP) is 4.00. The molecule has 0 unspecified atom stereocenters. The van der Waals surface area contributed by atoms with Crippen LogP contribution in [0.4, 0.5) is 0 Å². The number of hydrogen-bond donors (Lipinski definition) is 1. The van der Waals surface area contributed by atoms with Crippen LogP contribution in [0.1, 0.15) is 13.3 Å². The van der Waals surface area contributed by atoms with E-state index in [0.29, 0.717) is 6.61 Å². The summed E-state index contributed by atoms with van der Waals surface area (Å²) in [7, 11) is 0. The summed E-state index contributed by atoms with van der Waals surface area (Å²) in [5.41, 5.74) is 0. The molecule has 1 N–H and O–H groups in total. The number of fused-ring (bicyclic) bond motifs is 1. The van der Waals surface area contributed by atoms with E-state index in [0.717, 1.165) is 42.9 Å². The highest BCUT2D eigenvalue weighted by Gasteiger charge is 1.98. The molecular formula is C17H22BrNO2. The van der Waals surface area contributed by atoms with E-state index in [4.69, 9.17) is 9.47 Å². The predicted molar refractivity (Wildman–Crippen MR) is 91.1 cm³/mol. The van der Waals surface area contributed by atoms with Crippen LogP contribution in [-0.2, 0) is 4.74 Å². The molecule has 0 saturated heterocycles. The van der Waals surface area contributed by atoms with Crippen molar-refractivity contribution < 1.29 is 9.47 Å². The van der Waals surface area contributed by atoms with Crippen molar-refractivity contribution in [2.45, 2.75) is 13.3 Å². The SMILES string of the molecule is CCOCCCNCCOc1ccc2cc(Br)ccc2c1.